The third-order valence-corrected chi connectivity index (χ3v) is 5.76. The van der Waals surface area contributed by atoms with Crippen LogP contribution in [-0.4, -0.2) is 60.1 Å². The van der Waals surface area contributed by atoms with Gasteiger partial charge < -0.3 is 10.6 Å². The number of piperidine rings is 1. The van der Waals surface area contributed by atoms with E-state index >= 15 is 0 Å². The molecule has 19 heavy (non-hydrogen) atoms. The third-order valence-electron chi connectivity index (χ3n) is 4.38. The van der Waals surface area contributed by atoms with E-state index in [4.69, 9.17) is 0 Å². The van der Waals surface area contributed by atoms with Crippen LogP contribution in [-0.2, 0) is 4.79 Å². The monoisotopic (exact) mass is 283 g/mol. The van der Waals surface area contributed by atoms with Gasteiger partial charge in [0.2, 0.25) is 5.91 Å². The van der Waals surface area contributed by atoms with Crippen molar-refractivity contribution in [3.05, 3.63) is 0 Å². The van der Waals surface area contributed by atoms with Crippen molar-refractivity contribution in [2.24, 2.45) is 0 Å². The Kier molecular flexibility index (Phi) is 4.66. The molecule has 108 valence electrons. The van der Waals surface area contributed by atoms with Crippen LogP contribution >= 0.6 is 11.8 Å². The van der Waals surface area contributed by atoms with Crippen LogP contribution in [0.1, 0.15) is 32.1 Å². The molecule has 3 aliphatic rings. The molecule has 0 aromatic rings. The average Bonchev–Trinajstić information content (AvgIpc) is 3.19. The van der Waals surface area contributed by atoms with Crippen molar-refractivity contribution in [2.45, 2.75) is 49.4 Å². The molecule has 1 unspecified atom stereocenters. The average molecular weight is 283 g/mol. The lowest BCUT2D eigenvalue weighted by Gasteiger charge is -2.22. The summed E-state index contributed by atoms with van der Waals surface area (Å²) in [7, 11) is 0. The molecular weight excluding hydrogens is 258 g/mol. The van der Waals surface area contributed by atoms with Crippen LogP contribution in [0, 0.1) is 0 Å². The molecule has 4 nitrogen and oxygen atoms in total. The van der Waals surface area contributed by atoms with E-state index < -0.39 is 0 Å². The topological polar surface area (TPSA) is 44.4 Å². The minimum atomic E-state index is 0.242. The minimum absolute atomic E-state index is 0.242. The fourth-order valence-electron chi connectivity index (χ4n) is 3.10. The quantitative estimate of drug-likeness (QED) is 0.784. The molecule has 2 saturated heterocycles. The maximum Gasteiger partial charge on any atom is 0.230 e. The molecule has 3 fully saturated rings. The fraction of sp³-hybridized carbons (Fsp3) is 0.929. The molecular formula is C14H25N3OS. The summed E-state index contributed by atoms with van der Waals surface area (Å²) >= 11 is 1.84. The van der Waals surface area contributed by atoms with Gasteiger partial charge in [0, 0.05) is 30.4 Å². The number of nitrogens with zero attached hydrogens (tertiary/aromatic N) is 1. The van der Waals surface area contributed by atoms with E-state index in [1.807, 2.05) is 11.8 Å². The van der Waals surface area contributed by atoms with E-state index in [1.54, 1.807) is 0 Å². The minimum Gasteiger partial charge on any atom is -0.351 e. The summed E-state index contributed by atoms with van der Waals surface area (Å²) in [6.45, 7) is 4.47. The molecule has 1 aliphatic carbocycles. The first-order valence-electron chi connectivity index (χ1n) is 7.67. The summed E-state index contributed by atoms with van der Waals surface area (Å²) < 4.78 is 0. The molecule has 2 heterocycles. The Bertz CT molecular complexity index is 316. The van der Waals surface area contributed by atoms with E-state index in [2.05, 4.69) is 15.5 Å². The van der Waals surface area contributed by atoms with Gasteiger partial charge in [-0.1, -0.05) is 0 Å². The highest BCUT2D eigenvalue weighted by Gasteiger charge is 2.34. The number of carbonyl (C=O) groups excluding carboxylic acids is 1. The second kappa shape index (κ2) is 6.46. The Morgan fingerprint density at radius 2 is 2.00 bits per heavy atom. The van der Waals surface area contributed by atoms with Gasteiger partial charge in [-0.05, 0) is 45.2 Å². The molecule has 1 atom stereocenters. The molecule has 1 amide bonds. The van der Waals surface area contributed by atoms with Crippen LogP contribution in [0.2, 0.25) is 0 Å². The van der Waals surface area contributed by atoms with Crippen molar-refractivity contribution in [2.75, 3.05) is 31.9 Å². The second-order valence-electron chi connectivity index (χ2n) is 6.04. The Labute approximate surface area is 120 Å². The number of hydrogen-bond donors (Lipinski definition) is 2. The van der Waals surface area contributed by atoms with Crippen molar-refractivity contribution in [3.8, 4) is 0 Å². The fourth-order valence-corrected chi connectivity index (χ4v) is 4.14. The smallest absolute Gasteiger partial charge is 0.230 e. The molecule has 0 radical (unpaired) electrons. The highest BCUT2D eigenvalue weighted by molar-refractivity contribution is 8.00. The largest absolute Gasteiger partial charge is 0.351 e. The zero-order valence-electron chi connectivity index (χ0n) is 11.6. The van der Waals surface area contributed by atoms with Gasteiger partial charge in [0.05, 0.1) is 5.75 Å². The van der Waals surface area contributed by atoms with E-state index in [0.717, 1.165) is 32.1 Å². The van der Waals surface area contributed by atoms with Crippen molar-refractivity contribution in [3.63, 3.8) is 0 Å². The van der Waals surface area contributed by atoms with Gasteiger partial charge in [-0.25, -0.2) is 0 Å². The van der Waals surface area contributed by atoms with Crippen molar-refractivity contribution in [1.29, 1.82) is 0 Å². The van der Waals surface area contributed by atoms with E-state index in [-0.39, 0.29) is 5.91 Å². The van der Waals surface area contributed by atoms with Crippen LogP contribution < -0.4 is 10.6 Å². The van der Waals surface area contributed by atoms with Crippen LogP contribution in [0.4, 0.5) is 0 Å². The first-order chi connectivity index (χ1) is 9.31. The maximum absolute atomic E-state index is 12.0. The van der Waals surface area contributed by atoms with Gasteiger partial charge in [-0.3, -0.25) is 9.69 Å². The predicted molar refractivity (Wildman–Crippen MR) is 79.5 cm³/mol. The highest BCUT2D eigenvalue weighted by atomic mass is 32.2. The van der Waals surface area contributed by atoms with Gasteiger partial charge >= 0.3 is 0 Å². The Balaban J connectivity index is 1.32. The molecule has 5 heteroatoms. The van der Waals surface area contributed by atoms with Gasteiger partial charge in [-0.15, -0.1) is 11.8 Å². The van der Waals surface area contributed by atoms with Crippen molar-refractivity contribution in [1.82, 2.24) is 15.5 Å². The lowest BCUT2D eigenvalue weighted by Crippen LogP contribution is -2.39. The molecule has 0 bridgehead atoms. The van der Waals surface area contributed by atoms with Gasteiger partial charge in [-0.2, -0.15) is 0 Å². The molecule has 1 saturated carbocycles. The van der Waals surface area contributed by atoms with Gasteiger partial charge in [0.25, 0.3) is 0 Å². The first kappa shape index (κ1) is 13.7. The summed E-state index contributed by atoms with van der Waals surface area (Å²) in [5, 5.41) is 7.26. The Morgan fingerprint density at radius 1 is 1.21 bits per heavy atom. The molecule has 3 rings (SSSR count). The van der Waals surface area contributed by atoms with Crippen LogP contribution in [0.15, 0.2) is 0 Å². The van der Waals surface area contributed by atoms with E-state index in [1.165, 1.54) is 32.2 Å². The first-order valence-corrected chi connectivity index (χ1v) is 8.72. The molecule has 2 N–H and O–H groups in total. The number of thioether (sulfide) groups is 1. The second-order valence-corrected chi connectivity index (χ2v) is 7.33. The highest BCUT2D eigenvalue weighted by Crippen LogP contribution is 2.29. The lowest BCUT2D eigenvalue weighted by molar-refractivity contribution is -0.119. The Hall–Kier alpha value is -0.260. The molecule has 0 aromatic carbocycles. The van der Waals surface area contributed by atoms with Crippen LogP contribution in [0.3, 0.4) is 0 Å². The third kappa shape index (κ3) is 4.10. The van der Waals surface area contributed by atoms with Crippen molar-refractivity contribution < 1.29 is 4.79 Å². The van der Waals surface area contributed by atoms with Gasteiger partial charge in [0.1, 0.15) is 0 Å². The van der Waals surface area contributed by atoms with Gasteiger partial charge in [0.15, 0.2) is 0 Å². The summed E-state index contributed by atoms with van der Waals surface area (Å²) in [4.78, 5) is 14.5. The van der Waals surface area contributed by atoms with Crippen LogP contribution in [0.5, 0.6) is 0 Å². The Morgan fingerprint density at radius 3 is 2.74 bits per heavy atom. The number of carbonyl (C=O) groups is 1. The van der Waals surface area contributed by atoms with E-state index in [0.29, 0.717) is 17.0 Å². The standard InChI is InChI=1S/C14H25N3OS/c18-14(10-19-13-3-6-15-7-4-13)16-11-5-8-17(9-11)12-1-2-12/h11-13,15H,1-10H2,(H,16,18). The normalized spacial score (nSPS) is 29.6. The number of likely N-dealkylation sites (tertiary alicyclic amines) is 1. The number of hydrogen-bond acceptors (Lipinski definition) is 4. The zero-order chi connectivity index (χ0) is 13.1. The number of nitrogens with one attached hydrogen (secondary N) is 2. The maximum atomic E-state index is 12.0. The molecule has 0 aromatic heterocycles. The molecule has 2 aliphatic heterocycles. The summed E-state index contributed by atoms with van der Waals surface area (Å²) in [5.41, 5.74) is 0. The van der Waals surface area contributed by atoms with E-state index in [9.17, 15) is 4.79 Å². The predicted octanol–water partition coefficient (Wildman–Crippen LogP) is 0.825. The number of amides is 1. The summed E-state index contributed by atoms with van der Waals surface area (Å²) in [5.74, 6) is 0.885. The zero-order valence-corrected chi connectivity index (χ0v) is 12.4. The SMILES string of the molecule is O=C(CSC1CCNCC1)NC1CCN(C2CC2)C1. The van der Waals surface area contributed by atoms with Crippen molar-refractivity contribution >= 4 is 17.7 Å². The summed E-state index contributed by atoms with van der Waals surface area (Å²) in [6, 6.07) is 1.24. The number of rotatable bonds is 5. The van der Waals surface area contributed by atoms with Crippen LogP contribution in [0.25, 0.3) is 0 Å². The summed E-state index contributed by atoms with van der Waals surface area (Å²) in [6.07, 6.45) is 6.28. The lowest BCUT2D eigenvalue weighted by atomic mass is 10.2. The molecule has 0 spiro atoms.